The van der Waals surface area contributed by atoms with E-state index >= 15 is 0 Å². The van der Waals surface area contributed by atoms with Crippen LogP contribution < -0.4 is 9.92 Å². The summed E-state index contributed by atoms with van der Waals surface area (Å²) in [5, 5.41) is 1.38. The second-order valence-corrected chi connectivity index (χ2v) is 9.97. The molecule has 0 unspecified atom stereocenters. The van der Waals surface area contributed by atoms with Crippen LogP contribution in [0.15, 0.2) is 24.3 Å². The number of methoxy groups -OCH3 is 1. The van der Waals surface area contributed by atoms with Gasteiger partial charge in [-0.3, -0.25) is 0 Å². The summed E-state index contributed by atoms with van der Waals surface area (Å²) in [6.45, 7) is 4.67. The highest BCUT2D eigenvalue weighted by atomic mass is 79.9. The Kier molecular flexibility index (Phi) is 3.56. The van der Waals surface area contributed by atoms with Gasteiger partial charge in [-0.15, -0.1) is 0 Å². The van der Waals surface area contributed by atoms with Gasteiger partial charge in [0.05, 0.1) is 15.2 Å². The maximum absolute atomic E-state index is 5.35. The highest BCUT2D eigenvalue weighted by Crippen LogP contribution is 2.15. The molecule has 0 aromatic heterocycles. The number of para-hydroxylation sites is 1. The molecule has 72 valence electrons. The van der Waals surface area contributed by atoms with Gasteiger partial charge in [0.2, 0.25) is 0 Å². The third-order valence-electron chi connectivity index (χ3n) is 2.17. The second kappa shape index (κ2) is 4.29. The van der Waals surface area contributed by atoms with Crippen LogP contribution in [0.3, 0.4) is 0 Å². The first-order valence-electron chi connectivity index (χ1n) is 4.31. The van der Waals surface area contributed by atoms with Crippen LogP contribution in [-0.2, 0) is 0 Å². The third kappa shape index (κ3) is 2.35. The van der Waals surface area contributed by atoms with E-state index in [4.69, 9.17) is 4.74 Å². The lowest BCUT2D eigenvalue weighted by Crippen LogP contribution is -2.44. The summed E-state index contributed by atoms with van der Waals surface area (Å²) < 4.78 is 5.35. The van der Waals surface area contributed by atoms with Crippen LogP contribution in [0.4, 0.5) is 0 Å². The van der Waals surface area contributed by atoms with Gasteiger partial charge in [0.15, 0.2) is 0 Å². The number of halogens is 1. The lowest BCUT2D eigenvalue weighted by Gasteiger charge is -2.22. The number of hydrogen-bond donors (Lipinski definition) is 0. The summed E-state index contributed by atoms with van der Waals surface area (Å²) >= 11 is 3.58. The minimum atomic E-state index is -1.33. The first kappa shape index (κ1) is 10.8. The molecule has 0 amide bonds. The normalized spacial score (nSPS) is 11.4. The summed E-state index contributed by atoms with van der Waals surface area (Å²) in [5.41, 5.74) is 0. The Labute approximate surface area is 89.3 Å². The van der Waals surface area contributed by atoms with E-state index in [2.05, 4.69) is 41.2 Å². The Hall–Kier alpha value is -0.283. The summed E-state index contributed by atoms with van der Waals surface area (Å²) in [5.74, 6) is 1.03. The zero-order valence-electron chi connectivity index (χ0n) is 8.30. The predicted molar refractivity (Wildman–Crippen MR) is 63.9 cm³/mol. The molecule has 0 fully saturated rings. The molecule has 0 aliphatic rings. The topological polar surface area (TPSA) is 9.23 Å². The van der Waals surface area contributed by atoms with Crippen molar-refractivity contribution in [2.45, 2.75) is 13.1 Å². The van der Waals surface area contributed by atoms with Gasteiger partial charge in [-0.2, -0.15) is 0 Å². The fourth-order valence-electron chi connectivity index (χ4n) is 1.28. The van der Waals surface area contributed by atoms with E-state index in [9.17, 15) is 0 Å². The Morgan fingerprint density at radius 1 is 1.31 bits per heavy atom. The van der Waals surface area contributed by atoms with E-state index in [1.807, 2.05) is 12.1 Å². The molecule has 0 radical (unpaired) electrons. The van der Waals surface area contributed by atoms with Gasteiger partial charge in [0, 0.05) is 4.95 Å². The molecule has 0 bridgehead atoms. The largest absolute Gasteiger partial charge is 0.497 e. The fourth-order valence-corrected chi connectivity index (χ4v) is 3.73. The van der Waals surface area contributed by atoms with Gasteiger partial charge >= 0.3 is 0 Å². The quantitative estimate of drug-likeness (QED) is 0.598. The van der Waals surface area contributed by atoms with Crippen molar-refractivity contribution in [2.75, 3.05) is 12.1 Å². The molecule has 3 heteroatoms. The molecule has 1 aromatic rings. The van der Waals surface area contributed by atoms with E-state index in [0.29, 0.717) is 0 Å². The Morgan fingerprint density at radius 2 is 1.92 bits per heavy atom. The lowest BCUT2D eigenvalue weighted by atomic mass is 10.3. The van der Waals surface area contributed by atoms with E-state index in [1.165, 1.54) is 5.19 Å². The molecule has 1 aromatic carbocycles. The highest BCUT2D eigenvalue weighted by molar-refractivity contribution is 9.09. The first-order valence-corrected chi connectivity index (χ1v) is 8.64. The number of benzene rings is 1. The van der Waals surface area contributed by atoms with Crippen LogP contribution in [0.2, 0.25) is 13.1 Å². The van der Waals surface area contributed by atoms with Crippen molar-refractivity contribution in [2.24, 2.45) is 0 Å². The van der Waals surface area contributed by atoms with E-state index < -0.39 is 8.07 Å². The van der Waals surface area contributed by atoms with Crippen molar-refractivity contribution < 1.29 is 4.74 Å². The van der Waals surface area contributed by atoms with Gasteiger partial charge in [-0.05, 0) is 11.3 Å². The third-order valence-corrected chi connectivity index (χ3v) is 8.92. The predicted octanol–water partition coefficient (Wildman–Crippen LogP) is 2.54. The zero-order valence-corrected chi connectivity index (χ0v) is 10.9. The summed E-state index contributed by atoms with van der Waals surface area (Å²) in [6, 6.07) is 8.30. The molecular formula is C10H15BrOSi. The lowest BCUT2D eigenvalue weighted by molar-refractivity contribution is 0.418. The SMILES string of the molecule is COc1ccccc1[Si](C)(C)CBr. The maximum Gasteiger partial charge on any atom is 0.118 e. The molecule has 0 saturated carbocycles. The van der Waals surface area contributed by atoms with E-state index in [0.717, 1.165) is 10.7 Å². The van der Waals surface area contributed by atoms with Gasteiger partial charge in [0.25, 0.3) is 0 Å². The summed E-state index contributed by atoms with van der Waals surface area (Å²) in [7, 11) is 0.406. The molecule has 0 N–H and O–H groups in total. The van der Waals surface area contributed by atoms with Crippen molar-refractivity contribution >= 4 is 29.2 Å². The Bertz CT molecular complexity index is 286. The van der Waals surface area contributed by atoms with Crippen LogP contribution in [0, 0.1) is 0 Å². The molecule has 13 heavy (non-hydrogen) atoms. The zero-order chi connectivity index (χ0) is 9.90. The minimum absolute atomic E-state index is 1.03. The average molecular weight is 259 g/mol. The van der Waals surface area contributed by atoms with E-state index in [-0.39, 0.29) is 0 Å². The number of alkyl halides is 1. The van der Waals surface area contributed by atoms with Crippen molar-refractivity contribution in [3.8, 4) is 5.75 Å². The van der Waals surface area contributed by atoms with E-state index in [1.54, 1.807) is 7.11 Å². The molecule has 1 nitrogen and oxygen atoms in total. The number of hydrogen-bond acceptors (Lipinski definition) is 1. The molecule has 0 aliphatic heterocycles. The first-order chi connectivity index (χ1) is 6.11. The van der Waals surface area contributed by atoms with Crippen molar-refractivity contribution in [1.82, 2.24) is 0 Å². The standard InChI is InChI=1S/C10H15BrOSi/c1-12-9-6-4-5-7-10(9)13(2,3)8-11/h4-7H,8H2,1-3H3. The Balaban J connectivity index is 3.12. The van der Waals surface area contributed by atoms with Crippen LogP contribution >= 0.6 is 15.9 Å². The molecule has 0 aliphatic carbocycles. The van der Waals surface area contributed by atoms with Gasteiger partial charge in [0.1, 0.15) is 5.75 Å². The minimum Gasteiger partial charge on any atom is -0.497 e. The van der Waals surface area contributed by atoms with Gasteiger partial charge in [-0.25, -0.2) is 0 Å². The summed E-state index contributed by atoms with van der Waals surface area (Å²) in [4.78, 5) is 1.07. The number of ether oxygens (including phenoxy) is 1. The molecule has 0 atom stereocenters. The van der Waals surface area contributed by atoms with Crippen LogP contribution in [0.5, 0.6) is 5.75 Å². The molecule has 1 rings (SSSR count). The van der Waals surface area contributed by atoms with Crippen LogP contribution in [0.25, 0.3) is 0 Å². The second-order valence-electron chi connectivity index (χ2n) is 3.72. The van der Waals surface area contributed by atoms with Crippen molar-refractivity contribution in [3.05, 3.63) is 24.3 Å². The molecule has 0 heterocycles. The van der Waals surface area contributed by atoms with Gasteiger partial charge < -0.3 is 4.74 Å². The number of rotatable bonds is 3. The molecular weight excluding hydrogens is 244 g/mol. The van der Waals surface area contributed by atoms with Crippen LogP contribution in [-0.4, -0.2) is 20.1 Å². The van der Waals surface area contributed by atoms with Crippen LogP contribution in [0.1, 0.15) is 0 Å². The molecule has 0 saturated heterocycles. The highest BCUT2D eigenvalue weighted by Gasteiger charge is 2.24. The average Bonchev–Trinajstić information content (AvgIpc) is 2.18. The van der Waals surface area contributed by atoms with Gasteiger partial charge in [-0.1, -0.05) is 47.2 Å². The van der Waals surface area contributed by atoms with Crippen molar-refractivity contribution in [3.63, 3.8) is 0 Å². The monoisotopic (exact) mass is 258 g/mol. The summed E-state index contributed by atoms with van der Waals surface area (Å²) in [6.07, 6.45) is 0. The Morgan fingerprint density at radius 3 is 2.46 bits per heavy atom. The molecule has 0 spiro atoms. The van der Waals surface area contributed by atoms with Crippen molar-refractivity contribution in [1.29, 1.82) is 0 Å². The fraction of sp³-hybridized carbons (Fsp3) is 0.400. The maximum atomic E-state index is 5.35. The smallest absolute Gasteiger partial charge is 0.118 e.